The number of halogens is 1. The molecule has 0 heterocycles. The zero-order valence-electron chi connectivity index (χ0n) is 20.8. The molecule has 3 fully saturated rings. The first-order valence-electron chi connectivity index (χ1n) is 12.5. The van der Waals surface area contributed by atoms with Crippen LogP contribution in [0.2, 0.25) is 0 Å². The molecule has 8 heteroatoms. The first-order valence-corrected chi connectivity index (χ1v) is 12.9. The maximum absolute atomic E-state index is 13.5. The lowest BCUT2D eigenvalue weighted by molar-refractivity contribution is -0.205. The molecule has 0 aromatic heterocycles. The van der Waals surface area contributed by atoms with Crippen LogP contribution in [-0.2, 0) is 23.8 Å². The first-order chi connectivity index (χ1) is 15.8. The summed E-state index contributed by atoms with van der Waals surface area (Å²) in [5.74, 6) is -0.355. The van der Waals surface area contributed by atoms with Gasteiger partial charge in [-0.2, -0.15) is 0 Å². The molecule has 0 spiro atoms. The van der Waals surface area contributed by atoms with Crippen molar-refractivity contribution < 1.29 is 33.7 Å². The quantitative estimate of drug-likeness (QED) is 0.435. The number of ether oxygens (including phenoxy) is 3. The van der Waals surface area contributed by atoms with Crippen molar-refractivity contribution in [3.05, 3.63) is 11.6 Å². The minimum Gasteiger partial charge on any atom is -0.443 e. The van der Waals surface area contributed by atoms with Crippen molar-refractivity contribution >= 4 is 29.5 Å². The lowest BCUT2D eigenvalue weighted by atomic mass is 9.45. The maximum atomic E-state index is 13.5. The van der Waals surface area contributed by atoms with Crippen LogP contribution in [0.25, 0.3) is 0 Å². The summed E-state index contributed by atoms with van der Waals surface area (Å²) in [5.41, 5.74) is -2.42. The monoisotopic (exact) mass is 496 g/mol. The van der Waals surface area contributed by atoms with Crippen molar-refractivity contribution in [2.75, 3.05) is 0 Å². The van der Waals surface area contributed by atoms with E-state index in [0.717, 1.165) is 24.8 Å². The van der Waals surface area contributed by atoms with Gasteiger partial charge in [0, 0.05) is 11.8 Å². The topological polar surface area (TPSA) is 99.1 Å². The Morgan fingerprint density at radius 1 is 1.12 bits per heavy atom. The highest BCUT2D eigenvalue weighted by molar-refractivity contribution is 6.20. The van der Waals surface area contributed by atoms with E-state index < -0.39 is 40.9 Å². The summed E-state index contributed by atoms with van der Waals surface area (Å²) in [6, 6.07) is 0. The lowest BCUT2D eigenvalue weighted by Crippen LogP contribution is -2.63. The van der Waals surface area contributed by atoms with Gasteiger partial charge < -0.3 is 19.3 Å². The van der Waals surface area contributed by atoms with E-state index in [1.165, 1.54) is 0 Å². The van der Waals surface area contributed by atoms with Gasteiger partial charge in [-0.15, -0.1) is 0 Å². The van der Waals surface area contributed by atoms with Gasteiger partial charge in [-0.3, -0.25) is 4.79 Å². The molecular formula is C26H37ClO7. The number of rotatable bonds is 4. The summed E-state index contributed by atoms with van der Waals surface area (Å²) in [7, 11) is 0. The van der Waals surface area contributed by atoms with Crippen LogP contribution in [0.15, 0.2) is 11.6 Å². The van der Waals surface area contributed by atoms with Gasteiger partial charge in [0.15, 0.2) is 11.3 Å². The molecule has 4 rings (SSSR count). The van der Waals surface area contributed by atoms with Gasteiger partial charge in [0.2, 0.25) is 5.60 Å². The van der Waals surface area contributed by atoms with Crippen molar-refractivity contribution in [1.29, 1.82) is 0 Å². The van der Waals surface area contributed by atoms with Gasteiger partial charge in [0.05, 0.1) is 12.2 Å². The predicted octanol–water partition coefficient (Wildman–Crippen LogP) is 4.92. The average molecular weight is 497 g/mol. The van der Waals surface area contributed by atoms with Crippen molar-refractivity contribution in [1.82, 2.24) is 0 Å². The van der Waals surface area contributed by atoms with E-state index in [2.05, 4.69) is 6.92 Å². The molecule has 3 unspecified atom stereocenters. The molecule has 7 nitrogen and oxygen atoms in total. The summed E-state index contributed by atoms with van der Waals surface area (Å²) < 4.78 is 16.5. The third-order valence-corrected chi connectivity index (χ3v) is 9.29. The van der Waals surface area contributed by atoms with E-state index in [9.17, 15) is 19.5 Å². The number of aliphatic hydroxyl groups excluding tert-OH is 1. The molecule has 190 valence electrons. The highest BCUT2D eigenvalue weighted by Gasteiger charge is 2.71. The Balaban J connectivity index is 1.72. The Kier molecular flexibility index (Phi) is 6.60. The van der Waals surface area contributed by atoms with Crippen LogP contribution in [0.3, 0.4) is 0 Å². The van der Waals surface area contributed by atoms with Crippen molar-refractivity contribution in [2.24, 2.45) is 28.6 Å². The second kappa shape index (κ2) is 8.81. The van der Waals surface area contributed by atoms with Crippen LogP contribution in [0.1, 0.15) is 79.6 Å². The summed E-state index contributed by atoms with van der Waals surface area (Å²) in [4.78, 5) is 38.3. The second-order valence-corrected chi connectivity index (χ2v) is 12.0. The Bertz CT molecular complexity index is 898. The Labute approximate surface area is 206 Å². The van der Waals surface area contributed by atoms with E-state index in [4.69, 9.17) is 25.8 Å². The molecule has 4 aliphatic rings. The van der Waals surface area contributed by atoms with Gasteiger partial charge in [0.1, 0.15) is 0 Å². The Morgan fingerprint density at radius 2 is 1.82 bits per heavy atom. The molecule has 0 aliphatic heterocycles. The summed E-state index contributed by atoms with van der Waals surface area (Å²) in [6.45, 7) is 9.08. The molecule has 4 aliphatic carbocycles. The Hall–Kier alpha value is -1.60. The number of carbonyl (C=O) groups is 3. The van der Waals surface area contributed by atoms with E-state index in [0.29, 0.717) is 12.8 Å². The van der Waals surface area contributed by atoms with Gasteiger partial charge in [-0.05, 0) is 88.5 Å². The SMILES string of the molecule is CC(C)OC(=O)OC1(C(=O)OC(C)Cl)CC[C@H]2[C@@H]3CCC4=CC(=O)CC[C@]4(C)[C@@H]3C(O)C[C@@]21C. The number of hydrogen-bond acceptors (Lipinski definition) is 7. The maximum Gasteiger partial charge on any atom is 0.509 e. The fourth-order valence-electron chi connectivity index (χ4n) is 7.82. The number of alkyl halides is 1. The van der Waals surface area contributed by atoms with Gasteiger partial charge >= 0.3 is 12.1 Å². The number of allylic oxidation sites excluding steroid dienone is 1. The van der Waals surface area contributed by atoms with Crippen LogP contribution in [0.5, 0.6) is 0 Å². The van der Waals surface area contributed by atoms with Gasteiger partial charge in [-0.25, -0.2) is 9.59 Å². The Morgan fingerprint density at radius 3 is 2.47 bits per heavy atom. The van der Waals surface area contributed by atoms with Crippen molar-refractivity contribution in [3.63, 3.8) is 0 Å². The van der Waals surface area contributed by atoms with E-state index in [1.807, 2.05) is 6.92 Å². The summed E-state index contributed by atoms with van der Waals surface area (Å²) >= 11 is 6.00. The molecule has 0 saturated heterocycles. The molecule has 0 radical (unpaired) electrons. The molecule has 8 atom stereocenters. The largest absolute Gasteiger partial charge is 0.509 e. The molecule has 0 bridgehead atoms. The van der Waals surface area contributed by atoms with Crippen molar-refractivity contribution in [2.45, 2.75) is 103 Å². The summed E-state index contributed by atoms with van der Waals surface area (Å²) in [6.07, 6.45) is 3.85. The van der Waals surface area contributed by atoms with Crippen LogP contribution in [0.4, 0.5) is 4.79 Å². The van der Waals surface area contributed by atoms with Gasteiger partial charge in [-0.1, -0.05) is 31.0 Å². The molecular weight excluding hydrogens is 460 g/mol. The zero-order chi connectivity index (χ0) is 25.1. The fraction of sp³-hybridized carbons (Fsp3) is 0.808. The standard InChI is InChI=1S/C26H37ClO7/c1-14(2)32-23(31)34-26(22(30)33-15(3)27)11-9-19-18-7-6-16-12-17(28)8-10-24(16,4)21(18)20(29)13-25(19,26)5/h12,14-15,18-21,29H,6-11,13H2,1-5H3/t15?,18-,19-,20?,21-,24-,25-,26?/m0/s1. The van der Waals surface area contributed by atoms with E-state index >= 15 is 0 Å². The molecule has 0 aromatic rings. The number of hydrogen-bond donors (Lipinski definition) is 1. The van der Waals surface area contributed by atoms with Crippen LogP contribution < -0.4 is 0 Å². The zero-order valence-corrected chi connectivity index (χ0v) is 21.5. The molecule has 1 N–H and O–H groups in total. The first kappa shape index (κ1) is 25.5. The number of fused-ring (bicyclic) bond motifs is 5. The average Bonchev–Trinajstić information content (AvgIpc) is 2.99. The normalized spacial score (nSPS) is 42.1. The highest BCUT2D eigenvalue weighted by Crippen LogP contribution is 2.68. The molecule has 0 amide bonds. The molecule has 0 aromatic carbocycles. The highest BCUT2D eigenvalue weighted by atomic mass is 35.5. The number of aliphatic hydroxyl groups is 1. The van der Waals surface area contributed by atoms with Crippen molar-refractivity contribution in [3.8, 4) is 0 Å². The molecule has 34 heavy (non-hydrogen) atoms. The predicted molar refractivity (Wildman–Crippen MR) is 125 cm³/mol. The fourth-order valence-corrected chi connectivity index (χ4v) is 7.90. The minimum absolute atomic E-state index is 0.0138. The smallest absolute Gasteiger partial charge is 0.443 e. The number of carbonyl (C=O) groups excluding carboxylic acids is 3. The van der Waals surface area contributed by atoms with E-state index in [-0.39, 0.29) is 41.8 Å². The lowest BCUT2D eigenvalue weighted by Gasteiger charge is -2.60. The molecule has 3 saturated carbocycles. The van der Waals surface area contributed by atoms with E-state index in [1.54, 1.807) is 26.8 Å². The third-order valence-electron chi connectivity index (χ3n) is 9.21. The number of esters is 1. The summed E-state index contributed by atoms with van der Waals surface area (Å²) in [5, 5.41) is 11.6. The minimum atomic E-state index is -1.59. The van der Waals surface area contributed by atoms with Gasteiger partial charge in [0.25, 0.3) is 0 Å². The number of ketones is 1. The van der Waals surface area contributed by atoms with Crippen LogP contribution >= 0.6 is 11.6 Å². The van der Waals surface area contributed by atoms with Crippen LogP contribution in [0, 0.1) is 28.6 Å². The third kappa shape index (κ3) is 3.87. The van der Waals surface area contributed by atoms with Crippen LogP contribution in [-0.4, -0.2) is 46.4 Å². The second-order valence-electron chi connectivity index (χ2n) is 11.4.